The minimum atomic E-state index is 0.496. The van der Waals surface area contributed by atoms with Gasteiger partial charge in [-0.3, -0.25) is 4.99 Å². The average molecular weight is 433 g/mol. The zero-order valence-electron chi connectivity index (χ0n) is 19.5. The Morgan fingerprint density at radius 1 is 1.03 bits per heavy atom. The number of ether oxygens (including phenoxy) is 1. The fourth-order valence-corrected chi connectivity index (χ4v) is 4.10. The molecule has 0 aliphatic carbocycles. The van der Waals surface area contributed by atoms with Gasteiger partial charge in [-0.2, -0.15) is 5.26 Å². The third-order valence-corrected chi connectivity index (χ3v) is 5.80. The van der Waals surface area contributed by atoms with E-state index in [0.717, 1.165) is 34.9 Å². The minimum absolute atomic E-state index is 0.496. The zero-order chi connectivity index (χ0) is 22.6. The second-order valence-corrected chi connectivity index (χ2v) is 8.33. The fraction of sp³-hybridized carbons (Fsp3) is 0.481. The number of aromatic amines is 2. The fourth-order valence-electron chi connectivity index (χ4n) is 4.10. The molecule has 0 aromatic carbocycles. The van der Waals surface area contributed by atoms with Crippen molar-refractivity contribution >= 4 is 11.8 Å². The molecule has 0 unspecified atom stereocenters. The number of rotatable bonds is 14. The van der Waals surface area contributed by atoms with E-state index >= 15 is 0 Å². The number of aromatic nitrogens is 2. The zero-order valence-corrected chi connectivity index (χ0v) is 19.5. The summed E-state index contributed by atoms with van der Waals surface area (Å²) in [6.45, 7) is 4.69. The highest BCUT2D eigenvalue weighted by molar-refractivity contribution is 5.99. The number of nitrogens with zero attached hydrogens (tertiary/aromatic N) is 2. The van der Waals surface area contributed by atoms with Crippen molar-refractivity contribution in [3.8, 4) is 23.2 Å². The van der Waals surface area contributed by atoms with Crippen molar-refractivity contribution in [2.24, 2.45) is 4.99 Å². The van der Waals surface area contributed by atoms with Crippen LogP contribution in [0.15, 0.2) is 41.2 Å². The van der Waals surface area contributed by atoms with Gasteiger partial charge in [0, 0.05) is 11.9 Å². The minimum Gasteiger partial charge on any atom is -0.490 e. The van der Waals surface area contributed by atoms with E-state index in [1.807, 2.05) is 37.4 Å². The maximum atomic E-state index is 9.73. The van der Waals surface area contributed by atoms with Crippen LogP contribution in [0.4, 0.5) is 0 Å². The first-order valence-electron chi connectivity index (χ1n) is 12.2. The Morgan fingerprint density at radius 3 is 2.44 bits per heavy atom. The van der Waals surface area contributed by atoms with Crippen molar-refractivity contribution < 1.29 is 4.74 Å². The molecule has 1 aliphatic heterocycles. The predicted octanol–water partition coefficient (Wildman–Crippen LogP) is 7.55. The van der Waals surface area contributed by atoms with E-state index in [2.05, 4.69) is 29.0 Å². The molecule has 5 nitrogen and oxygen atoms in total. The van der Waals surface area contributed by atoms with Gasteiger partial charge in [0.2, 0.25) is 0 Å². The first kappa shape index (κ1) is 23.7. The largest absolute Gasteiger partial charge is 0.490 e. The van der Waals surface area contributed by atoms with Gasteiger partial charge in [0.15, 0.2) is 5.75 Å². The van der Waals surface area contributed by atoms with Crippen LogP contribution in [-0.4, -0.2) is 22.3 Å². The van der Waals surface area contributed by atoms with Crippen LogP contribution in [0.2, 0.25) is 0 Å². The van der Waals surface area contributed by atoms with Gasteiger partial charge in [0.05, 0.1) is 29.4 Å². The summed E-state index contributed by atoms with van der Waals surface area (Å²) >= 11 is 0. The first-order valence-corrected chi connectivity index (χ1v) is 12.2. The molecule has 2 N–H and O–H groups in total. The molecule has 170 valence electrons. The van der Waals surface area contributed by atoms with E-state index in [0.29, 0.717) is 17.9 Å². The molecule has 0 radical (unpaired) electrons. The smallest absolute Gasteiger partial charge is 0.162 e. The molecule has 1 aliphatic rings. The summed E-state index contributed by atoms with van der Waals surface area (Å²) in [5.41, 5.74) is 4.93. The van der Waals surface area contributed by atoms with Crippen LogP contribution in [0.1, 0.15) is 89.3 Å². The summed E-state index contributed by atoms with van der Waals surface area (Å²) in [4.78, 5) is 11.3. The number of hydrogen-bond acceptors (Lipinski definition) is 3. The topological polar surface area (TPSA) is 77.0 Å². The Balaban J connectivity index is 1.57. The van der Waals surface area contributed by atoms with Gasteiger partial charge in [0.25, 0.3) is 0 Å². The van der Waals surface area contributed by atoms with E-state index in [1.54, 1.807) is 0 Å². The summed E-state index contributed by atoms with van der Waals surface area (Å²) in [5, 5.41) is 9.73. The first-order chi connectivity index (χ1) is 15.8. The van der Waals surface area contributed by atoms with Crippen molar-refractivity contribution in [3.05, 3.63) is 47.4 Å². The number of H-pyrrole nitrogens is 2. The van der Waals surface area contributed by atoms with E-state index in [1.165, 1.54) is 57.8 Å². The van der Waals surface area contributed by atoms with E-state index in [-0.39, 0.29) is 0 Å². The molecule has 0 atom stereocenters. The Labute approximate surface area is 192 Å². The summed E-state index contributed by atoms with van der Waals surface area (Å²) in [6.07, 6.45) is 21.0. The summed E-state index contributed by atoms with van der Waals surface area (Å²) in [7, 11) is 0. The van der Waals surface area contributed by atoms with Gasteiger partial charge in [-0.1, -0.05) is 58.3 Å². The standard InChI is InChI=1S/C27H36N4O/c1-3-5-6-7-8-9-10-11-12-14-21-16-17-22(30-21)19-25-27(32-4-2)23(20-28)26(31-25)24-15-13-18-29-24/h13,15-19,29,31H,3-12,14H2,1-2H3. The number of nitriles is 1. The van der Waals surface area contributed by atoms with Crippen LogP contribution in [0, 0.1) is 11.3 Å². The number of hydrogen-bond donors (Lipinski definition) is 2. The molecule has 2 aromatic heterocycles. The second kappa shape index (κ2) is 12.8. The highest BCUT2D eigenvalue weighted by Crippen LogP contribution is 2.34. The maximum absolute atomic E-state index is 9.73. The number of allylic oxidation sites excluding steroid dienone is 2. The molecular weight excluding hydrogens is 396 g/mol. The lowest BCUT2D eigenvalue weighted by Gasteiger charge is -2.03. The molecule has 0 spiro atoms. The van der Waals surface area contributed by atoms with Gasteiger partial charge >= 0.3 is 0 Å². The third-order valence-electron chi connectivity index (χ3n) is 5.80. The normalized spacial score (nSPS) is 14.2. The lowest BCUT2D eigenvalue weighted by molar-refractivity contribution is 0.339. The van der Waals surface area contributed by atoms with Crippen LogP contribution in [0.5, 0.6) is 5.75 Å². The highest BCUT2D eigenvalue weighted by Gasteiger charge is 2.20. The third kappa shape index (κ3) is 6.50. The Bertz CT molecular complexity index is 970. The molecule has 0 fully saturated rings. The Kier molecular flexibility index (Phi) is 9.43. The quantitative estimate of drug-likeness (QED) is 0.302. The highest BCUT2D eigenvalue weighted by atomic mass is 16.5. The Morgan fingerprint density at radius 2 is 1.78 bits per heavy atom. The van der Waals surface area contributed by atoms with Crippen LogP contribution in [-0.2, 0) is 0 Å². The molecule has 5 heteroatoms. The summed E-state index contributed by atoms with van der Waals surface area (Å²) in [5.74, 6) is 0.586. The van der Waals surface area contributed by atoms with Crippen molar-refractivity contribution in [1.82, 2.24) is 9.97 Å². The van der Waals surface area contributed by atoms with Crippen LogP contribution in [0.3, 0.4) is 0 Å². The lowest BCUT2D eigenvalue weighted by atomic mass is 10.1. The van der Waals surface area contributed by atoms with Gasteiger partial charge in [-0.05, 0) is 50.1 Å². The van der Waals surface area contributed by atoms with E-state index < -0.39 is 0 Å². The average Bonchev–Trinajstić information content (AvgIpc) is 3.54. The summed E-state index contributed by atoms with van der Waals surface area (Å²) < 4.78 is 5.82. The molecular formula is C27H36N4O. The predicted molar refractivity (Wildman–Crippen MR) is 133 cm³/mol. The molecule has 0 amide bonds. The molecule has 3 heterocycles. The molecule has 32 heavy (non-hydrogen) atoms. The number of unbranched alkanes of at least 4 members (excludes halogenated alkanes) is 8. The van der Waals surface area contributed by atoms with Crippen molar-refractivity contribution in [2.75, 3.05) is 6.61 Å². The molecule has 3 rings (SSSR count). The van der Waals surface area contributed by atoms with Gasteiger partial charge < -0.3 is 14.7 Å². The van der Waals surface area contributed by atoms with E-state index in [9.17, 15) is 5.26 Å². The van der Waals surface area contributed by atoms with Crippen molar-refractivity contribution in [2.45, 2.75) is 78.1 Å². The SMILES string of the molecule is CCCCCCCCCCCC1=NC(=Cc2[nH]c(-c3ccc[nH]3)c(C#N)c2OCC)C=C1. The monoisotopic (exact) mass is 432 g/mol. The van der Waals surface area contributed by atoms with Gasteiger partial charge in [0.1, 0.15) is 11.6 Å². The van der Waals surface area contributed by atoms with Crippen molar-refractivity contribution in [3.63, 3.8) is 0 Å². The molecule has 0 bridgehead atoms. The van der Waals surface area contributed by atoms with Crippen LogP contribution in [0.25, 0.3) is 17.5 Å². The van der Waals surface area contributed by atoms with Gasteiger partial charge in [-0.15, -0.1) is 0 Å². The number of aliphatic imine (C=N–C) groups is 1. The molecule has 2 aromatic rings. The van der Waals surface area contributed by atoms with Crippen molar-refractivity contribution in [1.29, 1.82) is 5.26 Å². The second-order valence-electron chi connectivity index (χ2n) is 8.33. The van der Waals surface area contributed by atoms with Gasteiger partial charge in [-0.25, -0.2) is 0 Å². The van der Waals surface area contributed by atoms with Crippen LogP contribution < -0.4 is 4.74 Å². The number of nitrogens with one attached hydrogen (secondary N) is 2. The Hall–Kier alpha value is -3.00. The van der Waals surface area contributed by atoms with Crippen LogP contribution >= 0.6 is 0 Å². The lowest BCUT2D eigenvalue weighted by Crippen LogP contribution is -1.94. The maximum Gasteiger partial charge on any atom is 0.162 e. The van der Waals surface area contributed by atoms with E-state index in [4.69, 9.17) is 9.73 Å². The molecule has 0 saturated heterocycles. The summed E-state index contributed by atoms with van der Waals surface area (Å²) in [6, 6.07) is 6.15. The molecule has 0 saturated carbocycles.